The number of rotatable bonds is 5. The van der Waals surface area contributed by atoms with Crippen LogP contribution in [0.1, 0.15) is 12.0 Å². The molecule has 0 amide bonds. The molecule has 31 heavy (non-hydrogen) atoms. The molecular formula is C24H23F4NO2. The highest BCUT2D eigenvalue weighted by molar-refractivity contribution is 5.75. The van der Waals surface area contributed by atoms with Crippen LogP contribution in [0.25, 0.3) is 11.1 Å². The third-order valence-electron chi connectivity index (χ3n) is 4.73. The van der Waals surface area contributed by atoms with E-state index in [0.717, 1.165) is 18.7 Å². The van der Waals surface area contributed by atoms with Gasteiger partial charge in [-0.2, -0.15) is 17.6 Å². The maximum atomic E-state index is 12.3. The molecule has 0 spiro atoms. The van der Waals surface area contributed by atoms with Crippen molar-refractivity contribution in [3.05, 3.63) is 78.4 Å². The van der Waals surface area contributed by atoms with Crippen molar-refractivity contribution in [2.45, 2.75) is 25.4 Å². The minimum absolute atomic E-state index is 0.284. The van der Waals surface area contributed by atoms with Crippen LogP contribution in [-0.4, -0.2) is 26.2 Å². The van der Waals surface area contributed by atoms with Crippen molar-refractivity contribution in [1.29, 1.82) is 0 Å². The number of hydrogen-bond acceptors (Lipinski definition) is 3. The summed E-state index contributed by atoms with van der Waals surface area (Å²) in [7, 11) is 1.71. The summed E-state index contributed by atoms with van der Waals surface area (Å²) in [5.74, 6) is 0.627. The predicted octanol–water partition coefficient (Wildman–Crippen LogP) is 6.64. The highest BCUT2D eigenvalue weighted by atomic mass is 19.3. The molecule has 164 valence electrons. The largest absolute Gasteiger partial charge is 0.497 e. The first kappa shape index (κ1) is 22.5. The van der Waals surface area contributed by atoms with E-state index in [-0.39, 0.29) is 5.75 Å². The molecule has 7 heteroatoms. The summed E-state index contributed by atoms with van der Waals surface area (Å²) in [6.45, 7) is 1.08. The van der Waals surface area contributed by atoms with Gasteiger partial charge in [0.1, 0.15) is 11.5 Å². The van der Waals surface area contributed by atoms with Gasteiger partial charge in [-0.3, -0.25) is 0 Å². The van der Waals surface area contributed by atoms with Crippen molar-refractivity contribution in [3.8, 4) is 22.6 Å². The molecule has 0 saturated carbocycles. The van der Waals surface area contributed by atoms with Gasteiger partial charge >= 0.3 is 12.5 Å². The van der Waals surface area contributed by atoms with Gasteiger partial charge in [-0.1, -0.05) is 42.5 Å². The molecule has 0 bridgehead atoms. The number of ether oxygens (including phenoxy) is 2. The Hall–Kier alpha value is -3.22. The van der Waals surface area contributed by atoms with Gasteiger partial charge in [0.15, 0.2) is 0 Å². The average Bonchev–Trinajstić information content (AvgIpc) is 2.79. The Morgan fingerprint density at radius 1 is 0.903 bits per heavy atom. The Morgan fingerprint density at radius 2 is 1.61 bits per heavy atom. The van der Waals surface area contributed by atoms with E-state index >= 15 is 0 Å². The highest BCUT2D eigenvalue weighted by Gasteiger charge is 2.43. The fourth-order valence-electron chi connectivity index (χ4n) is 3.26. The van der Waals surface area contributed by atoms with Crippen LogP contribution in [0.2, 0.25) is 0 Å². The molecule has 0 atom stereocenters. The first-order valence-electron chi connectivity index (χ1n) is 9.81. The number of nitrogens with one attached hydrogen (secondary N) is 1. The standard InChI is InChI=1S/C16H17NO.C8H6F4O/c1-18-13-6-2-5-12(11-13)14-7-3-9-16-15(14)8-4-10-17-16;9-7(10)8(11,12)13-6-4-2-1-3-5-6/h2-3,5-7,9,11,17H,4,8,10H2,1H3;1-5,7H. The third-order valence-corrected chi connectivity index (χ3v) is 4.73. The molecule has 3 aromatic carbocycles. The predicted molar refractivity (Wildman–Crippen MR) is 113 cm³/mol. The molecule has 1 heterocycles. The minimum Gasteiger partial charge on any atom is -0.497 e. The smallest absolute Gasteiger partial charge is 0.461 e. The normalized spacial score (nSPS) is 12.8. The quantitative estimate of drug-likeness (QED) is 0.458. The molecular weight excluding hydrogens is 410 g/mol. The van der Waals surface area contributed by atoms with Crippen molar-refractivity contribution in [2.75, 3.05) is 19.0 Å². The Labute approximate surface area is 178 Å². The number of para-hydroxylation sites is 1. The second-order valence-corrected chi connectivity index (χ2v) is 6.87. The molecule has 1 N–H and O–H groups in total. The van der Waals surface area contributed by atoms with Gasteiger partial charge in [0.05, 0.1) is 7.11 Å². The maximum absolute atomic E-state index is 12.3. The number of alkyl halides is 4. The van der Waals surface area contributed by atoms with Crippen molar-refractivity contribution in [1.82, 2.24) is 0 Å². The lowest BCUT2D eigenvalue weighted by Crippen LogP contribution is -2.33. The van der Waals surface area contributed by atoms with Crippen molar-refractivity contribution in [3.63, 3.8) is 0 Å². The fraction of sp³-hybridized carbons (Fsp3) is 0.250. The molecule has 0 radical (unpaired) electrons. The summed E-state index contributed by atoms with van der Waals surface area (Å²) in [5, 5.41) is 3.47. The summed E-state index contributed by atoms with van der Waals surface area (Å²) >= 11 is 0. The van der Waals surface area contributed by atoms with E-state index in [1.54, 1.807) is 13.2 Å². The zero-order valence-electron chi connectivity index (χ0n) is 17.0. The maximum Gasteiger partial charge on any atom is 0.461 e. The average molecular weight is 433 g/mol. The number of halogens is 4. The van der Waals surface area contributed by atoms with Crippen LogP contribution in [0.5, 0.6) is 11.5 Å². The van der Waals surface area contributed by atoms with Crippen LogP contribution in [-0.2, 0) is 6.42 Å². The molecule has 1 aliphatic heterocycles. The van der Waals surface area contributed by atoms with Crippen LogP contribution >= 0.6 is 0 Å². The van der Waals surface area contributed by atoms with E-state index in [4.69, 9.17) is 4.74 Å². The van der Waals surface area contributed by atoms with E-state index in [1.807, 2.05) is 12.1 Å². The Morgan fingerprint density at radius 3 is 2.32 bits per heavy atom. The number of fused-ring (bicyclic) bond motifs is 1. The Kier molecular flexibility index (Phi) is 7.39. The molecule has 4 rings (SSSR count). The molecule has 3 aromatic rings. The number of methoxy groups -OCH3 is 1. The number of anilines is 1. The Bertz CT molecular complexity index is 980. The summed E-state index contributed by atoms with van der Waals surface area (Å²) < 4.78 is 56.9. The lowest BCUT2D eigenvalue weighted by atomic mass is 9.93. The van der Waals surface area contributed by atoms with Crippen molar-refractivity contribution in [2.24, 2.45) is 0 Å². The molecule has 3 nitrogen and oxygen atoms in total. The lowest BCUT2D eigenvalue weighted by Gasteiger charge is -2.21. The molecule has 0 fully saturated rings. The third kappa shape index (κ3) is 5.90. The van der Waals surface area contributed by atoms with Gasteiger partial charge in [0, 0.05) is 12.2 Å². The second kappa shape index (κ2) is 10.2. The molecule has 0 saturated heterocycles. The van der Waals surface area contributed by atoms with Crippen LogP contribution in [0.15, 0.2) is 72.8 Å². The van der Waals surface area contributed by atoms with Gasteiger partial charge in [-0.15, -0.1) is 0 Å². The van der Waals surface area contributed by atoms with E-state index in [2.05, 4.69) is 40.4 Å². The molecule has 0 aromatic heterocycles. The summed E-state index contributed by atoms with van der Waals surface area (Å²) in [5.41, 5.74) is 5.26. The molecule has 0 unspecified atom stereocenters. The second-order valence-electron chi connectivity index (χ2n) is 6.87. The van der Waals surface area contributed by atoms with Gasteiger partial charge in [0.25, 0.3) is 0 Å². The summed E-state index contributed by atoms with van der Waals surface area (Å²) in [4.78, 5) is 0. The summed E-state index contributed by atoms with van der Waals surface area (Å²) in [6.07, 6.45) is -5.90. The number of hydrogen-bond donors (Lipinski definition) is 1. The van der Waals surface area contributed by atoms with E-state index < -0.39 is 12.5 Å². The fourth-order valence-corrected chi connectivity index (χ4v) is 3.26. The summed E-state index contributed by atoms with van der Waals surface area (Å²) in [6, 6.07) is 21.5. The van der Waals surface area contributed by atoms with E-state index in [9.17, 15) is 17.6 Å². The number of benzene rings is 3. The first-order valence-corrected chi connectivity index (χ1v) is 9.81. The molecule has 1 aliphatic rings. The topological polar surface area (TPSA) is 30.5 Å². The van der Waals surface area contributed by atoms with Crippen LogP contribution in [0.3, 0.4) is 0 Å². The monoisotopic (exact) mass is 433 g/mol. The van der Waals surface area contributed by atoms with Gasteiger partial charge in [-0.05, 0) is 59.9 Å². The highest BCUT2D eigenvalue weighted by Crippen LogP contribution is 2.33. The van der Waals surface area contributed by atoms with Crippen LogP contribution in [0.4, 0.5) is 23.2 Å². The molecule has 0 aliphatic carbocycles. The first-order chi connectivity index (χ1) is 14.9. The van der Waals surface area contributed by atoms with Crippen LogP contribution < -0.4 is 14.8 Å². The minimum atomic E-state index is -4.43. The van der Waals surface area contributed by atoms with Crippen molar-refractivity contribution >= 4 is 5.69 Å². The van der Waals surface area contributed by atoms with Gasteiger partial charge in [-0.25, -0.2) is 0 Å². The van der Waals surface area contributed by atoms with Gasteiger partial charge < -0.3 is 14.8 Å². The Balaban J connectivity index is 0.000000187. The van der Waals surface area contributed by atoms with E-state index in [0.29, 0.717) is 0 Å². The zero-order chi connectivity index (χ0) is 22.3. The van der Waals surface area contributed by atoms with Gasteiger partial charge in [0.2, 0.25) is 0 Å². The zero-order valence-corrected chi connectivity index (χ0v) is 17.0. The SMILES string of the molecule is COc1cccc(-c2cccc3c2CCCN3)c1.FC(F)C(F)(F)Oc1ccccc1. The lowest BCUT2D eigenvalue weighted by molar-refractivity contribution is -0.253. The van der Waals surface area contributed by atoms with Crippen molar-refractivity contribution < 1.29 is 27.0 Å². The van der Waals surface area contributed by atoms with Crippen LogP contribution in [0, 0.1) is 0 Å². The van der Waals surface area contributed by atoms with E-state index in [1.165, 1.54) is 53.1 Å².